The predicted molar refractivity (Wildman–Crippen MR) is 126 cm³/mol. The van der Waals surface area contributed by atoms with E-state index in [9.17, 15) is 9.59 Å². The molecule has 1 aliphatic carbocycles. The Morgan fingerprint density at radius 3 is 3.10 bits per heavy atom. The first-order chi connectivity index (χ1) is 14.5. The Balaban J connectivity index is 1.61. The number of aryl methyl sites for hydroxylation is 1. The minimum absolute atomic E-state index is 0.0373. The monoisotopic (exact) mass is 459 g/mol. The minimum Gasteiger partial charge on any atom is -0.325 e. The van der Waals surface area contributed by atoms with E-state index in [-0.39, 0.29) is 17.2 Å². The van der Waals surface area contributed by atoms with Crippen LogP contribution in [0.4, 0.5) is 5.69 Å². The molecule has 1 unspecified atom stereocenters. The fourth-order valence-corrected chi connectivity index (χ4v) is 6.12. The van der Waals surface area contributed by atoms with E-state index in [1.54, 1.807) is 46.2 Å². The summed E-state index contributed by atoms with van der Waals surface area (Å²) in [7, 11) is 0. The molecule has 0 fully saturated rings. The number of carbonyl (C=O) groups excluding carboxylic acids is 1. The normalized spacial score (nSPS) is 15.7. The number of benzene rings is 1. The van der Waals surface area contributed by atoms with Crippen molar-refractivity contribution in [2.24, 2.45) is 5.92 Å². The summed E-state index contributed by atoms with van der Waals surface area (Å²) in [6.07, 6.45) is 4.71. The Hall–Kier alpha value is -2.09. The van der Waals surface area contributed by atoms with Crippen LogP contribution in [0.1, 0.15) is 23.8 Å². The van der Waals surface area contributed by atoms with Crippen LogP contribution in [0.15, 0.2) is 46.9 Å². The Morgan fingerprint density at radius 1 is 1.50 bits per heavy atom. The van der Waals surface area contributed by atoms with Gasteiger partial charge >= 0.3 is 0 Å². The number of hydrogen-bond acceptors (Lipinski definition) is 5. The number of rotatable bonds is 6. The molecule has 1 aromatic carbocycles. The van der Waals surface area contributed by atoms with Gasteiger partial charge in [0.05, 0.1) is 11.1 Å². The number of halogens is 1. The average molecular weight is 460 g/mol. The first-order valence-corrected chi connectivity index (χ1v) is 12.0. The van der Waals surface area contributed by atoms with Gasteiger partial charge in [-0.15, -0.1) is 17.9 Å². The fraction of sp³-hybridized carbons (Fsp3) is 0.318. The molecule has 2 aromatic heterocycles. The highest BCUT2D eigenvalue weighted by Crippen LogP contribution is 2.36. The summed E-state index contributed by atoms with van der Waals surface area (Å²) in [5.41, 5.74) is 1.77. The molecule has 156 valence electrons. The second-order valence-corrected chi connectivity index (χ2v) is 9.94. The van der Waals surface area contributed by atoms with Crippen molar-refractivity contribution in [3.63, 3.8) is 0 Å². The van der Waals surface area contributed by atoms with E-state index < -0.39 is 0 Å². The lowest BCUT2D eigenvalue weighted by atomic mass is 9.89. The standard InChI is InChI=1S/C22H22ClN3O2S2/c1-3-9-26-21(28)19-16-8-7-13(2)10-17(16)30-20(19)25-22(26)29-12-18(27)24-15-6-4-5-14(23)11-15/h3-6,11,13H,1,7-10,12H2,2H3,(H,24,27). The third-order valence-electron chi connectivity index (χ3n) is 5.13. The second-order valence-electron chi connectivity index (χ2n) is 7.48. The van der Waals surface area contributed by atoms with Crippen molar-refractivity contribution in [3.05, 3.63) is 62.7 Å². The van der Waals surface area contributed by atoms with Crippen LogP contribution in [-0.2, 0) is 24.2 Å². The molecular formula is C22H22ClN3O2S2. The van der Waals surface area contributed by atoms with Gasteiger partial charge in [-0.2, -0.15) is 0 Å². The van der Waals surface area contributed by atoms with Crippen LogP contribution in [0.3, 0.4) is 0 Å². The van der Waals surface area contributed by atoms with Crippen LogP contribution in [0, 0.1) is 5.92 Å². The Labute approximate surface area is 188 Å². The summed E-state index contributed by atoms with van der Waals surface area (Å²) in [5, 5.41) is 4.67. The number of fused-ring (bicyclic) bond motifs is 3. The molecule has 0 spiro atoms. The van der Waals surface area contributed by atoms with Gasteiger partial charge in [0.1, 0.15) is 4.83 Å². The molecule has 1 aliphatic rings. The number of nitrogens with zero attached hydrogens (tertiary/aromatic N) is 2. The molecule has 1 N–H and O–H groups in total. The van der Waals surface area contributed by atoms with Gasteiger partial charge in [-0.1, -0.05) is 42.4 Å². The topological polar surface area (TPSA) is 64.0 Å². The maximum atomic E-state index is 13.3. The molecule has 0 bridgehead atoms. The van der Waals surface area contributed by atoms with Crippen molar-refractivity contribution in [2.75, 3.05) is 11.1 Å². The van der Waals surface area contributed by atoms with Crippen molar-refractivity contribution < 1.29 is 4.79 Å². The van der Waals surface area contributed by atoms with Crippen LogP contribution < -0.4 is 10.9 Å². The molecule has 0 aliphatic heterocycles. The number of thiophene rings is 1. The van der Waals surface area contributed by atoms with Gasteiger partial charge in [-0.3, -0.25) is 14.2 Å². The molecule has 30 heavy (non-hydrogen) atoms. The van der Waals surface area contributed by atoms with Gasteiger partial charge in [-0.25, -0.2) is 4.98 Å². The quantitative estimate of drug-likeness (QED) is 0.314. The maximum Gasteiger partial charge on any atom is 0.263 e. The summed E-state index contributed by atoms with van der Waals surface area (Å²) < 4.78 is 1.62. The number of amides is 1. The van der Waals surface area contributed by atoms with Crippen molar-refractivity contribution in [2.45, 2.75) is 37.9 Å². The van der Waals surface area contributed by atoms with Gasteiger partial charge in [-0.05, 0) is 48.9 Å². The van der Waals surface area contributed by atoms with E-state index in [4.69, 9.17) is 16.6 Å². The number of nitrogens with one attached hydrogen (secondary N) is 1. The van der Waals surface area contributed by atoms with Crippen LogP contribution in [-0.4, -0.2) is 21.2 Å². The molecule has 0 saturated heterocycles. The zero-order valence-corrected chi connectivity index (χ0v) is 19.0. The molecule has 3 aromatic rings. The number of allylic oxidation sites excluding steroid dienone is 1. The molecule has 0 saturated carbocycles. The van der Waals surface area contributed by atoms with E-state index >= 15 is 0 Å². The minimum atomic E-state index is -0.180. The predicted octanol–water partition coefficient (Wildman–Crippen LogP) is 5.15. The third kappa shape index (κ3) is 4.33. The SMILES string of the molecule is C=CCn1c(SCC(=O)Nc2cccc(Cl)c2)nc2sc3c(c2c1=O)CCC(C)C3. The third-order valence-corrected chi connectivity index (χ3v) is 7.49. The van der Waals surface area contributed by atoms with Gasteiger partial charge in [0.15, 0.2) is 5.16 Å². The maximum absolute atomic E-state index is 13.3. The number of hydrogen-bond donors (Lipinski definition) is 1. The average Bonchev–Trinajstić information content (AvgIpc) is 3.06. The smallest absolute Gasteiger partial charge is 0.263 e. The van der Waals surface area contributed by atoms with Gasteiger partial charge in [0.25, 0.3) is 5.56 Å². The molecule has 1 amide bonds. The summed E-state index contributed by atoms with van der Waals surface area (Å²) in [6, 6.07) is 7.00. The van der Waals surface area contributed by atoms with E-state index in [0.29, 0.717) is 28.3 Å². The number of aromatic nitrogens is 2. The summed E-state index contributed by atoms with van der Waals surface area (Å²) in [5.74, 6) is 0.593. The highest BCUT2D eigenvalue weighted by Gasteiger charge is 2.24. The largest absolute Gasteiger partial charge is 0.325 e. The van der Waals surface area contributed by atoms with E-state index in [1.165, 1.54) is 22.2 Å². The van der Waals surface area contributed by atoms with Crippen molar-refractivity contribution in [1.29, 1.82) is 0 Å². The highest BCUT2D eigenvalue weighted by molar-refractivity contribution is 7.99. The van der Waals surface area contributed by atoms with Gasteiger partial charge in [0.2, 0.25) is 5.91 Å². The molecule has 0 radical (unpaired) electrons. The Kier molecular flexibility index (Phi) is 6.32. The van der Waals surface area contributed by atoms with E-state index in [0.717, 1.165) is 29.5 Å². The fourth-order valence-electron chi connectivity index (χ4n) is 3.70. The Bertz CT molecular complexity index is 1190. The van der Waals surface area contributed by atoms with E-state index in [1.807, 2.05) is 0 Å². The van der Waals surface area contributed by atoms with Crippen LogP contribution in [0.5, 0.6) is 0 Å². The number of anilines is 1. The van der Waals surface area contributed by atoms with Crippen LogP contribution in [0.2, 0.25) is 5.02 Å². The van der Waals surface area contributed by atoms with Crippen molar-refractivity contribution in [3.8, 4) is 0 Å². The zero-order chi connectivity index (χ0) is 21.3. The van der Waals surface area contributed by atoms with Crippen molar-refractivity contribution >= 4 is 56.5 Å². The zero-order valence-electron chi connectivity index (χ0n) is 16.6. The van der Waals surface area contributed by atoms with E-state index in [2.05, 4.69) is 18.8 Å². The molecule has 1 atom stereocenters. The second kappa shape index (κ2) is 8.96. The molecule has 8 heteroatoms. The van der Waals surface area contributed by atoms with Gasteiger partial charge in [0, 0.05) is 22.1 Å². The lowest BCUT2D eigenvalue weighted by Gasteiger charge is -2.17. The van der Waals surface area contributed by atoms with Crippen LogP contribution >= 0.6 is 34.7 Å². The summed E-state index contributed by atoms with van der Waals surface area (Å²) in [6.45, 7) is 6.39. The molecular weight excluding hydrogens is 438 g/mol. The van der Waals surface area contributed by atoms with Gasteiger partial charge < -0.3 is 5.32 Å². The first-order valence-electron chi connectivity index (χ1n) is 9.80. The van der Waals surface area contributed by atoms with Crippen LogP contribution in [0.25, 0.3) is 10.2 Å². The highest BCUT2D eigenvalue weighted by atomic mass is 35.5. The molecule has 4 rings (SSSR count). The molecule has 2 heterocycles. The lowest BCUT2D eigenvalue weighted by Crippen LogP contribution is -2.24. The van der Waals surface area contributed by atoms with Crippen molar-refractivity contribution in [1.82, 2.24) is 9.55 Å². The Morgan fingerprint density at radius 2 is 2.33 bits per heavy atom. The lowest BCUT2D eigenvalue weighted by molar-refractivity contribution is -0.113. The molecule has 5 nitrogen and oxygen atoms in total. The number of thioether (sulfide) groups is 1. The first kappa shape index (κ1) is 21.2. The summed E-state index contributed by atoms with van der Waals surface area (Å²) in [4.78, 5) is 32.5. The summed E-state index contributed by atoms with van der Waals surface area (Å²) >= 11 is 8.85. The number of carbonyl (C=O) groups is 1.